The molecule has 0 saturated carbocycles. The van der Waals surface area contributed by atoms with Gasteiger partial charge >= 0.3 is 0 Å². The van der Waals surface area contributed by atoms with E-state index < -0.39 is 0 Å². The fourth-order valence-electron chi connectivity index (χ4n) is 3.14. The molecular weight excluding hydrogens is 346 g/mol. The second kappa shape index (κ2) is 7.74. The third-order valence-electron chi connectivity index (χ3n) is 4.44. The predicted octanol–water partition coefficient (Wildman–Crippen LogP) is 4.19. The second-order valence-electron chi connectivity index (χ2n) is 6.17. The zero-order valence-electron chi connectivity index (χ0n) is 14.2. The molecule has 0 aliphatic carbocycles. The number of hydrogen-bond acceptors (Lipinski definition) is 5. The van der Waals surface area contributed by atoms with Crippen molar-refractivity contribution in [3.63, 3.8) is 0 Å². The van der Waals surface area contributed by atoms with Crippen LogP contribution < -0.4 is 0 Å². The van der Waals surface area contributed by atoms with E-state index in [0.29, 0.717) is 17.5 Å². The molecule has 1 unspecified atom stereocenters. The van der Waals surface area contributed by atoms with E-state index in [1.807, 2.05) is 65.6 Å². The summed E-state index contributed by atoms with van der Waals surface area (Å²) in [7, 11) is 0. The molecule has 4 rings (SSSR count). The van der Waals surface area contributed by atoms with Crippen molar-refractivity contribution < 1.29 is 9.32 Å². The third-order valence-corrected chi connectivity index (χ3v) is 5.43. The number of benzene rings is 2. The average molecular weight is 365 g/mol. The maximum absolute atomic E-state index is 12.7. The third kappa shape index (κ3) is 3.65. The molecule has 1 saturated heterocycles. The predicted molar refractivity (Wildman–Crippen MR) is 101 cm³/mol. The van der Waals surface area contributed by atoms with Crippen molar-refractivity contribution in [2.24, 2.45) is 0 Å². The Balaban J connectivity index is 1.45. The van der Waals surface area contributed by atoms with Crippen molar-refractivity contribution in [3.05, 3.63) is 66.6 Å². The van der Waals surface area contributed by atoms with Gasteiger partial charge in [0.1, 0.15) is 6.04 Å². The van der Waals surface area contributed by atoms with Gasteiger partial charge in [0.2, 0.25) is 17.6 Å². The summed E-state index contributed by atoms with van der Waals surface area (Å²) in [6, 6.07) is 19.6. The summed E-state index contributed by atoms with van der Waals surface area (Å²) in [5.74, 6) is 1.62. The number of aromatic nitrogens is 2. The van der Waals surface area contributed by atoms with E-state index in [9.17, 15) is 4.79 Å². The lowest BCUT2D eigenvalue weighted by Gasteiger charge is -2.21. The monoisotopic (exact) mass is 365 g/mol. The molecule has 1 aliphatic rings. The van der Waals surface area contributed by atoms with Gasteiger partial charge in [-0.05, 0) is 25.0 Å². The highest BCUT2D eigenvalue weighted by atomic mass is 32.2. The largest absolute Gasteiger partial charge is 0.337 e. The fraction of sp³-hybridized carbons (Fsp3) is 0.250. The standard InChI is InChI=1S/C20H19N3O2S/c24-18(14-26-16-10-5-2-6-11-16)23-13-7-12-17(23)20-21-19(22-25-20)15-8-3-1-4-9-15/h1-6,8-11,17H,7,12-14H2. The summed E-state index contributed by atoms with van der Waals surface area (Å²) in [5, 5.41) is 4.09. The summed E-state index contributed by atoms with van der Waals surface area (Å²) < 4.78 is 5.48. The smallest absolute Gasteiger partial charge is 0.249 e. The van der Waals surface area contributed by atoms with Crippen LogP contribution in [0.5, 0.6) is 0 Å². The number of nitrogens with zero attached hydrogens (tertiary/aromatic N) is 3. The molecule has 1 aliphatic heterocycles. The van der Waals surface area contributed by atoms with Gasteiger partial charge in [0, 0.05) is 17.0 Å². The Labute approximate surface area is 156 Å². The van der Waals surface area contributed by atoms with Crippen molar-refractivity contribution in [1.82, 2.24) is 15.0 Å². The number of carbonyl (C=O) groups is 1. The lowest BCUT2D eigenvalue weighted by atomic mass is 10.2. The van der Waals surface area contributed by atoms with Gasteiger partial charge in [-0.15, -0.1) is 11.8 Å². The van der Waals surface area contributed by atoms with E-state index in [1.165, 1.54) is 0 Å². The van der Waals surface area contributed by atoms with Gasteiger partial charge in [-0.3, -0.25) is 4.79 Å². The van der Waals surface area contributed by atoms with Crippen LogP contribution in [0.15, 0.2) is 70.1 Å². The van der Waals surface area contributed by atoms with Crippen LogP contribution in [0, 0.1) is 0 Å². The molecule has 0 N–H and O–H groups in total. The highest BCUT2D eigenvalue weighted by molar-refractivity contribution is 8.00. The number of amides is 1. The van der Waals surface area contributed by atoms with E-state index in [0.717, 1.165) is 29.8 Å². The Morgan fingerprint density at radius 2 is 1.85 bits per heavy atom. The summed E-state index contributed by atoms with van der Waals surface area (Å²) in [4.78, 5) is 20.2. The molecule has 2 aromatic carbocycles. The minimum absolute atomic E-state index is 0.112. The summed E-state index contributed by atoms with van der Waals surface area (Å²) >= 11 is 1.56. The van der Waals surface area contributed by atoms with Crippen molar-refractivity contribution in [1.29, 1.82) is 0 Å². The molecule has 3 aromatic rings. The zero-order valence-corrected chi connectivity index (χ0v) is 15.1. The van der Waals surface area contributed by atoms with E-state index >= 15 is 0 Å². The highest BCUT2D eigenvalue weighted by Gasteiger charge is 2.33. The summed E-state index contributed by atoms with van der Waals surface area (Å²) in [6.45, 7) is 0.738. The van der Waals surface area contributed by atoms with Crippen LogP contribution in [-0.4, -0.2) is 33.2 Å². The van der Waals surface area contributed by atoms with Crippen molar-refractivity contribution in [3.8, 4) is 11.4 Å². The Hall–Kier alpha value is -2.60. The summed E-state index contributed by atoms with van der Waals surface area (Å²) in [5.41, 5.74) is 0.915. The number of thioether (sulfide) groups is 1. The average Bonchev–Trinajstić information content (AvgIpc) is 3.37. The zero-order chi connectivity index (χ0) is 17.8. The quantitative estimate of drug-likeness (QED) is 0.635. The van der Waals surface area contributed by atoms with Crippen LogP contribution in [-0.2, 0) is 4.79 Å². The minimum Gasteiger partial charge on any atom is -0.337 e. The normalized spacial score (nSPS) is 16.8. The Morgan fingerprint density at radius 3 is 2.62 bits per heavy atom. The first-order valence-electron chi connectivity index (χ1n) is 8.67. The van der Waals surface area contributed by atoms with Gasteiger partial charge in [-0.25, -0.2) is 0 Å². The van der Waals surface area contributed by atoms with E-state index in [4.69, 9.17) is 4.52 Å². The lowest BCUT2D eigenvalue weighted by molar-refractivity contribution is -0.129. The van der Waals surface area contributed by atoms with Gasteiger partial charge < -0.3 is 9.42 Å². The topological polar surface area (TPSA) is 59.2 Å². The molecule has 0 radical (unpaired) electrons. The number of likely N-dealkylation sites (tertiary alicyclic amines) is 1. The van der Waals surface area contributed by atoms with Gasteiger partial charge in [-0.2, -0.15) is 4.98 Å². The molecule has 1 atom stereocenters. The molecule has 6 heteroatoms. The van der Waals surface area contributed by atoms with E-state index in [2.05, 4.69) is 10.1 Å². The number of rotatable bonds is 5. The maximum atomic E-state index is 12.7. The van der Waals surface area contributed by atoms with Gasteiger partial charge in [-0.1, -0.05) is 53.7 Å². The van der Waals surface area contributed by atoms with Crippen LogP contribution in [0.25, 0.3) is 11.4 Å². The van der Waals surface area contributed by atoms with Crippen LogP contribution in [0.4, 0.5) is 0 Å². The van der Waals surface area contributed by atoms with Crippen molar-refractivity contribution in [2.45, 2.75) is 23.8 Å². The van der Waals surface area contributed by atoms with Crippen molar-refractivity contribution in [2.75, 3.05) is 12.3 Å². The maximum Gasteiger partial charge on any atom is 0.249 e. The van der Waals surface area contributed by atoms with Crippen LogP contribution in [0.1, 0.15) is 24.8 Å². The van der Waals surface area contributed by atoms with Gasteiger partial charge in [0.15, 0.2) is 0 Å². The number of carbonyl (C=O) groups excluding carboxylic acids is 1. The summed E-state index contributed by atoms with van der Waals surface area (Å²) in [6.07, 6.45) is 1.81. The second-order valence-corrected chi connectivity index (χ2v) is 7.22. The van der Waals surface area contributed by atoms with Gasteiger partial charge in [0.25, 0.3) is 0 Å². The highest BCUT2D eigenvalue weighted by Crippen LogP contribution is 2.33. The molecule has 1 amide bonds. The Morgan fingerprint density at radius 1 is 1.12 bits per heavy atom. The number of hydrogen-bond donors (Lipinski definition) is 0. The van der Waals surface area contributed by atoms with Crippen LogP contribution in [0.3, 0.4) is 0 Å². The molecule has 5 nitrogen and oxygen atoms in total. The first-order valence-corrected chi connectivity index (χ1v) is 9.66. The van der Waals surface area contributed by atoms with Gasteiger partial charge in [0.05, 0.1) is 5.75 Å². The first-order chi connectivity index (χ1) is 12.8. The van der Waals surface area contributed by atoms with Crippen molar-refractivity contribution >= 4 is 17.7 Å². The van der Waals surface area contributed by atoms with E-state index in [1.54, 1.807) is 11.8 Å². The van der Waals surface area contributed by atoms with Crippen LogP contribution >= 0.6 is 11.8 Å². The van der Waals surface area contributed by atoms with Crippen LogP contribution in [0.2, 0.25) is 0 Å². The molecule has 132 valence electrons. The first kappa shape index (κ1) is 16.8. The molecule has 1 fully saturated rings. The molecule has 26 heavy (non-hydrogen) atoms. The molecular formula is C20H19N3O2S. The molecule has 2 heterocycles. The molecule has 1 aromatic heterocycles. The lowest BCUT2D eigenvalue weighted by Crippen LogP contribution is -2.32. The SMILES string of the molecule is O=C(CSc1ccccc1)N1CCCC1c1nc(-c2ccccc2)no1. The molecule has 0 spiro atoms. The Kier molecular flexibility index (Phi) is 5.02. The Bertz CT molecular complexity index is 867. The fourth-order valence-corrected chi connectivity index (χ4v) is 3.95. The molecule has 0 bridgehead atoms. The van der Waals surface area contributed by atoms with E-state index in [-0.39, 0.29) is 11.9 Å². The minimum atomic E-state index is -0.121.